The first-order valence-electron chi connectivity index (χ1n) is 6.47. The predicted octanol–water partition coefficient (Wildman–Crippen LogP) is 2.56. The highest BCUT2D eigenvalue weighted by Gasteiger charge is 2.19. The summed E-state index contributed by atoms with van der Waals surface area (Å²) in [5.74, 6) is -0.0141. The summed E-state index contributed by atoms with van der Waals surface area (Å²) in [6, 6.07) is 6.55. The Morgan fingerprint density at radius 3 is 2.38 bits per heavy atom. The average Bonchev–Trinajstić information content (AvgIpc) is 2.47. The van der Waals surface area contributed by atoms with Gasteiger partial charge in [0.2, 0.25) is 0 Å². The molecule has 6 nitrogen and oxygen atoms in total. The van der Waals surface area contributed by atoms with E-state index in [1.54, 1.807) is 18.2 Å². The van der Waals surface area contributed by atoms with Crippen LogP contribution >= 0.6 is 15.9 Å². The molecule has 0 atom stereocenters. The highest BCUT2D eigenvalue weighted by molar-refractivity contribution is 9.10. The molecule has 1 heterocycles. The maximum atomic E-state index is 12.3. The summed E-state index contributed by atoms with van der Waals surface area (Å²) in [5.41, 5.74) is 1.53. The second kappa shape index (κ2) is 6.48. The zero-order valence-electron chi connectivity index (χ0n) is 11.7. The highest BCUT2D eigenvalue weighted by Crippen LogP contribution is 2.22. The minimum absolute atomic E-state index is 0.0141. The SMILES string of the molecule is CCc1nnc(NS(=O)(=O)c2ccccc2Br)nc1CC. The lowest BCUT2D eigenvalue weighted by atomic mass is 10.2. The maximum absolute atomic E-state index is 12.3. The Morgan fingerprint density at radius 1 is 1.10 bits per heavy atom. The molecule has 21 heavy (non-hydrogen) atoms. The van der Waals surface area contributed by atoms with Gasteiger partial charge in [0.25, 0.3) is 16.0 Å². The molecule has 0 saturated carbocycles. The van der Waals surface area contributed by atoms with Crippen LogP contribution in [-0.4, -0.2) is 23.6 Å². The molecule has 1 N–H and O–H groups in total. The van der Waals surface area contributed by atoms with Gasteiger partial charge in [-0.3, -0.25) is 0 Å². The van der Waals surface area contributed by atoms with Crippen LogP contribution in [0.2, 0.25) is 0 Å². The number of hydrogen-bond acceptors (Lipinski definition) is 5. The van der Waals surface area contributed by atoms with E-state index < -0.39 is 10.0 Å². The van der Waals surface area contributed by atoms with E-state index in [2.05, 4.69) is 35.8 Å². The Bertz CT molecular complexity index is 750. The number of nitrogens with one attached hydrogen (secondary N) is 1. The van der Waals surface area contributed by atoms with Crippen molar-refractivity contribution in [2.24, 2.45) is 0 Å². The fourth-order valence-electron chi connectivity index (χ4n) is 1.82. The van der Waals surface area contributed by atoms with E-state index in [1.807, 2.05) is 13.8 Å². The Morgan fingerprint density at radius 2 is 1.76 bits per heavy atom. The third-order valence-electron chi connectivity index (χ3n) is 2.86. The van der Waals surface area contributed by atoms with Crippen LogP contribution < -0.4 is 4.72 Å². The molecule has 2 rings (SSSR count). The fraction of sp³-hybridized carbons (Fsp3) is 0.308. The number of hydrogen-bond donors (Lipinski definition) is 1. The van der Waals surface area contributed by atoms with Gasteiger partial charge in [0.1, 0.15) is 4.90 Å². The van der Waals surface area contributed by atoms with Crippen LogP contribution in [0.1, 0.15) is 25.2 Å². The molecule has 1 aromatic carbocycles. The summed E-state index contributed by atoms with van der Waals surface area (Å²) in [6.45, 7) is 3.89. The van der Waals surface area contributed by atoms with Gasteiger partial charge in [-0.2, -0.15) is 0 Å². The molecular formula is C13H15BrN4O2S. The van der Waals surface area contributed by atoms with Gasteiger partial charge in [-0.1, -0.05) is 26.0 Å². The van der Waals surface area contributed by atoms with Gasteiger partial charge in [-0.25, -0.2) is 18.1 Å². The second-order valence-electron chi connectivity index (χ2n) is 4.27. The topological polar surface area (TPSA) is 84.8 Å². The minimum Gasteiger partial charge on any atom is -0.246 e. The Kier molecular flexibility index (Phi) is 4.89. The molecule has 0 aliphatic rings. The minimum atomic E-state index is -3.75. The molecule has 0 saturated heterocycles. The number of halogens is 1. The molecule has 0 bridgehead atoms. The van der Waals surface area contributed by atoms with E-state index in [4.69, 9.17) is 0 Å². The van der Waals surface area contributed by atoms with Gasteiger partial charge in [0.05, 0.1) is 11.4 Å². The molecule has 1 aromatic heterocycles. The van der Waals surface area contributed by atoms with E-state index >= 15 is 0 Å². The fourth-order valence-corrected chi connectivity index (χ4v) is 3.76. The van der Waals surface area contributed by atoms with E-state index in [-0.39, 0.29) is 10.8 Å². The third kappa shape index (κ3) is 3.56. The van der Waals surface area contributed by atoms with Crippen molar-refractivity contribution in [3.63, 3.8) is 0 Å². The zero-order chi connectivity index (χ0) is 15.5. The van der Waals surface area contributed by atoms with E-state index in [0.717, 1.165) is 11.4 Å². The normalized spacial score (nSPS) is 11.4. The lowest BCUT2D eigenvalue weighted by Crippen LogP contribution is -2.17. The number of sulfonamides is 1. The molecule has 0 fully saturated rings. The number of benzene rings is 1. The molecule has 112 valence electrons. The predicted molar refractivity (Wildman–Crippen MR) is 83.5 cm³/mol. The van der Waals surface area contributed by atoms with Gasteiger partial charge >= 0.3 is 0 Å². The van der Waals surface area contributed by atoms with Crippen LogP contribution in [0.4, 0.5) is 5.95 Å². The molecule has 0 aliphatic heterocycles. The van der Waals surface area contributed by atoms with Crippen molar-refractivity contribution >= 4 is 31.9 Å². The largest absolute Gasteiger partial charge is 0.265 e. The average molecular weight is 371 g/mol. The Labute approximate surface area is 132 Å². The van der Waals surface area contributed by atoms with E-state index in [0.29, 0.717) is 17.3 Å². The van der Waals surface area contributed by atoms with Crippen molar-refractivity contribution in [1.29, 1.82) is 0 Å². The monoisotopic (exact) mass is 370 g/mol. The maximum Gasteiger partial charge on any atom is 0.265 e. The molecular weight excluding hydrogens is 356 g/mol. The Hall–Kier alpha value is -1.54. The summed E-state index contributed by atoms with van der Waals surface area (Å²) in [5, 5.41) is 7.85. The van der Waals surface area contributed by atoms with Gasteiger partial charge in [0.15, 0.2) is 0 Å². The first kappa shape index (κ1) is 15.8. The van der Waals surface area contributed by atoms with Crippen LogP contribution in [0.15, 0.2) is 33.6 Å². The van der Waals surface area contributed by atoms with Crippen molar-refractivity contribution < 1.29 is 8.42 Å². The zero-order valence-corrected chi connectivity index (χ0v) is 14.1. The number of anilines is 1. The van der Waals surface area contributed by atoms with Crippen molar-refractivity contribution in [1.82, 2.24) is 15.2 Å². The number of aromatic nitrogens is 3. The van der Waals surface area contributed by atoms with Crippen LogP contribution in [0.25, 0.3) is 0 Å². The number of rotatable bonds is 5. The molecule has 0 unspecified atom stereocenters. The van der Waals surface area contributed by atoms with Gasteiger partial charge in [-0.05, 0) is 40.9 Å². The van der Waals surface area contributed by atoms with Crippen molar-refractivity contribution in [2.45, 2.75) is 31.6 Å². The van der Waals surface area contributed by atoms with Crippen molar-refractivity contribution in [3.8, 4) is 0 Å². The van der Waals surface area contributed by atoms with Crippen LogP contribution in [0.5, 0.6) is 0 Å². The van der Waals surface area contributed by atoms with E-state index in [9.17, 15) is 8.42 Å². The first-order chi connectivity index (χ1) is 9.97. The second-order valence-corrected chi connectivity index (χ2v) is 6.78. The smallest absolute Gasteiger partial charge is 0.246 e. The van der Waals surface area contributed by atoms with Gasteiger partial charge < -0.3 is 0 Å². The first-order valence-corrected chi connectivity index (χ1v) is 8.75. The summed E-state index contributed by atoms with van der Waals surface area (Å²) in [7, 11) is -3.75. The third-order valence-corrected chi connectivity index (χ3v) is 5.20. The number of aryl methyl sites for hydroxylation is 2. The summed E-state index contributed by atoms with van der Waals surface area (Å²) in [6.07, 6.45) is 1.38. The summed E-state index contributed by atoms with van der Waals surface area (Å²) >= 11 is 3.22. The van der Waals surface area contributed by atoms with Crippen molar-refractivity contribution in [2.75, 3.05) is 4.72 Å². The molecule has 0 aliphatic carbocycles. The summed E-state index contributed by atoms with van der Waals surface area (Å²) in [4.78, 5) is 4.35. The molecule has 0 radical (unpaired) electrons. The van der Waals surface area contributed by atoms with Crippen LogP contribution in [0.3, 0.4) is 0 Å². The molecule has 0 amide bonds. The van der Waals surface area contributed by atoms with Crippen LogP contribution in [-0.2, 0) is 22.9 Å². The summed E-state index contributed by atoms with van der Waals surface area (Å²) < 4.78 is 27.5. The van der Waals surface area contributed by atoms with E-state index in [1.165, 1.54) is 6.07 Å². The Balaban J connectivity index is 2.35. The quantitative estimate of drug-likeness (QED) is 0.873. The van der Waals surface area contributed by atoms with Crippen LogP contribution in [0, 0.1) is 0 Å². The highest BCUT2D eigenvalue weighted by atomic mass is 79.9. The molecule has 8 heteroatoms. The number of nitrogens with zero attached hydrogens (tertiary/aromatic N) is 3. The molecule has 2 aromatic rings. The standard InChI is InChI=1S/C13H15BrN4O2S/c1-3-10-11(4-2)16-17-13(15-10)18-21(19,20)12-8-6-5-7-9(12)14/h5-8H,3-4H2,1-2H3,(H,15,17,18). The lowest BCUT2D eigenvalue weighted by Gasteiger charge is -2.09. The molecule has 0 spiro atoms. The van der Waals surface area contributed by atoms with Gasteiger partial charge in [-0.15, -0.1) is 10.2 Å². The van der Waals surface area contributed by atoms with Gasteiger partial charge in [0, 0.05) is 4.47 Å². The lowest BCUT2D eigenvalue weighted by molar-refractivity contribution is 0.600. The van der Waals surface area contributed by atoms with Crippen molar-refractivity contribution in [3.05, 3.63) is 40.1 Å².